The number of benzene rings is 2. The molecule has 9 heteroatoms. The van der Waals surface area contributed by atoms with Crippen molar-refractivity contribution in [2.24, 2.45) is 24.3 Å². The molecule has 1 aliphatic heterocycles. The molecule has 3 fully saturated rings. The molecule has 9 nitrogen and oxygen atoms in total. The van der Waals surface area contributed by atoms with Crippen LogP contribution in [0.15, 0.2) is 60.8 Å². The molecule has 3 aliphatic carbocycles. The van der Waals surface area contributed by atoms with Crippen LogP contribution in [0.4, 0.5) is 5.69 Å². The van der Waals surface area contributed by atoms with Gasteiger partial charge in [0.15, 0.2) is 0 Å². The number of hydrogen-bond donors (Lipinski definition) is 3. The van der Waals surface area contributed by atoms with E-state index in [-0.39, 0.29) is 35.0 Å². The second-order valence-corrected chi connectivity index (χ2v) is 14.7. The lowest BCUT2D eigenvalue weighted by molar-refractivity contribution is -0.127. The van der Waals surface area contributed by atoms with Crippen LogP contribution in [0, 0.1) is 17.3 Å². The molecule has 1 aromatic heterocycles. The number of para-hydroxylation sites is 1. The Bertz CT molecular complexity index is 1630. The number of carbonyl (C=O) groups is 3. The van der Waals surface area contributed by atoms with Gasteiger partial charge in [-0.05, 0) is 104 Å². The molecule has 3 N–H and O–H groups in total. The Morgan fingerprint density at radius 3 is 2.47 bits per heavy atom. The first kappa shape index (κ1) is 31.5. The Labute approximate surface area is 277 Å². The molecule has 7 rings (SSSR count). The van der Waals surface area contributed by atoms with E-state index < -0.39 is 11.5 Å². The number of ether oxygens (including phenoxy) is 1. The minimum atomic E-state index is -0.781. The number of fused-ring (bicyclic) bond motifs is 1. The summed E-state index contributed by atoms with van der Waals surface area (Å²) in [4.78, 5) is 42.0. The molecule has 3 amide bonds. The summed E-state index contributed by atoms with van der Waals surface area (Å²) in [6, 6.07) is 16.8. The van der Waals surface area contributed by atoms with Crippen molar-refractivity contribution in [2.75, 3.05) is 18.5 Å². The molecule has 0 bridgehead atoms. The number of aromatic nitrogens is 2. The van der Waals surface area contributed by atoms with Gasteiger partial charge >= 0.3 is 0 Å². The molecule has 248 valence electrons. The molecular formula is C38H47N5O4. The third-order valence-corrected chi connectivity index (χ3v) is 11.5. The van der Waals surface area contributed by atoms with Gasteiger partial charge in [-0.1, -0.05) is 56.5 Å². The van der Waals surface area contributed by atoms with E-state index in [1.54, 1.807) is 19.3 Å². The molecule has 0 radical (unpaired) electrons. The van der Waals surface area contributed by atoms with Crippen LogP contribution in [0.2, 0.25) is 0 Å². The Hall–Kier alpha value is -4.14. The van der Waals surface area contributed by atoms with Crippen LogP contribution in [-0.4, -0.2) is 46.7 Å². The number of nitrogens with zero attached hydrogens (tertiary/aromatic N) is 2. The van der Waals surface area contributed by atoms with Crippen LogP contribution < -0.4 is 20.7 Å². The van der Waals surface area contributed by atoms with E-state index in [2.05, 4.69) is 34.0 Å². The van der Waals surface area contributed by atoms with Gasteiger partial charge in [-0.2, -0.15) is 5.10 Å². The summed E-state index contributed by atoms with van der Waals surface area (Å²) in [7, 11) is 1.73. The Morgan fingerprint density at radius 2 is 1.77 bits per heavy atom. The van der Waals surface area contributed by atoms with Gasteiger partial charge in [0.1, 0.15) is 17.5 Å². The lowest BCUT2D eigenvalue weighted by atomic mass is 9.70. The normalized spacial score (nSPS) is 22.1. The summed E-state index contributed by atoms with van der Waals surface area (Å²) >= 11 is 0. The molecular weight excluding hydrogens is 590 g/mol. The molecule has 3 atom stereocenters. The van der Waals surface area contributed by atoms with Crippen molar-refractivity contribution in [3.63, 3.8) is 0 Å². The zero-order valence-corrected chi connectivity index (χ0v) is 27.6. The van der Waals surface area contributed by atoms with Crippen LogP contribution in [0.5, 0.6) is 5.75 Å². The van der Waals surface area contributed by atoms with E-state index in [1.165, 1.54) is 11.1 Å². The number of carbonyl (C=O) groups excluding carboxylic acids is 3. The highest BCUT2D eigenvalue weighted by molar-refractivity contribution is 6.01. The maximum atomic E-state index is 14.5. The van der Waals surface area contributed by atoms with Crippen molar-refractivity contribution in [2.45, 2.75) is 88.5 Å². The molecule has 47 heavy (non-hydrogen) atoms. The summed E-state index contributed by atoms with van der Waals surface area (Å²) in [5.74, 6) is 0.631. The van der Waals surface area contributed by atoms with Crippen molar-refractivity contribution < 1.29 is 19.1 Å². The monoisotopic (exact) mass is 637 g/mol. The van der Waals surface area contributed by atoms with E-state index in [0.29, 0.717) is 30.5 Å². The number of amides is 3. The average molecular weight is 638 g/mol. The highest BCUT2D eigenvalue weighted by atomic mass is 16.5. The average Bonchev–Trinajstić information content (AvgIpc) is 3.59. The van der Waals surface area contributed by atoms with Crippen molar-refractivity contribution >= 4 is 23.4 Å². The number of anilines is 1. The Morgan fingerprint density at radius 1 is 0.979 bits per heavy atom. The van der Waals surface area contributed by atoms with E-state index in [9.17, 15) is 14.4 Å². The number of nitrogens with one attached hydrogen (secondary N) is 3. The molecule has 4 aliphatic rings. The molecule has 2 unspecified atom stereocenters. The lowest BCUT2D eigenvalue weighted by Crippen LogP contribution is -2.51. The first-order valence-corrected chi connectivity index (χ1v) is 17.5. The highest BCUT2D eigenvalue weighted by Gasteiger charge is 2.47. The quantitative estimate of drug-likeness (QED) is 0.244. The zero-order valence-electron chi connectivity index (χ0n) is 27.6. The maximum absolute atomic E-state index is 14.5. The van der Waals surface area contributed by atoms with Gasteiger partial charge in [0.05, 0.1) is 12.0 Å². The van der Waals surface area contributed by atoms with Crippen molar-refractivity contribution in [1.29, 1.82) is 0 Å². The second kappa shape index (κ2) is 12.8. The number of rotatable bonds is 11. The van der Waals surface area contributed by atoms with E-state index in [4.69, 9.17) is 4.74 Å². The van der Waals surface area contributed by atoms with Gasteiger partial charge in [0, 0.05) is 25.5 Å². The van der Waals surface area contributed by atoms with Crippen molar-refractivity contribution in [1.82, 2.24) is 20.4 Å². The summed E-state index contributed by atoms with van der Waals surface area (Å²) < 4.78 is 7.53. The predicted octanol–water partition coefficient (Wildman–Crippen LogP) is 5.87. The fourth-order valence-corrected chi connectivity index (χ4v) is 8.39. The SMILES string of the molecule is Cn1nccc1C(=O)N[C@H](C(=O)Nc1cccc(C2(C(=O)NCC3(C)CCC3)CCCC2)c1)C(C1CC1)C1CCOc2ccccc21. The van der Waals surface area contributed by atoms with Gasteiger partial charge in [0.2, 0.25) is 11.8 Å². The fourth-order valence-electron chi connectivity index (χ4n) is 8.39. The third-order valence-electron chi connectivity index (χ3n) is 11.5. The summed E-state index contributed by atoms with van der Waals surface area (Å²) in [5.41, 5.74) is 2.67. The molecule has 0 saturated heterocycles. The van der Waals surface area contributed by atoms with E-state index in [1.807, 2.05) is 42.5 Å². The first-order valence-electron chi connectivity index (χ1n) is 17.5. The van der Waals surface area contributed by atoms with Gasteiger partial charge < -0.3 is 20.7 Å². The first-order chi connectivity index (χ1) is 22.8. The smallest absolute Gasteiger partial charge is 0.270 e. The Balaban J connectivity index is 1.17. The second-order valence-electron chi connectivity index (χ2n) is 14.7. The van der Waals surface area contributed by atoms with Crippen LogP contribution in [0.3, 0.4) is 0 Å². The predicted molar refractivity (Wildman–Crippen MR) is 180 cm³/mol. The largest absolute Gasteiger partial charge is 0.493 e. The number of hydrogen-bond acceptors (Lipinski definition) is 5. The minimum Gasteiger partial charge on any atom is -0.493 e. The number of aryl methyl sites for hydroxylation is 1. The minimum absolute atomic E-state index is 0.0596. The van der Waals surface area contributed by atoms with Crippen molar-refractivity contribution in [3.8, 4) is 5.75 Å². The summed E-state index contributed by atoms with van der Waals surface area (Å²) in [5, 5.41) is 13.8. The van der Waals surface area contributed by atoms with Gasteiger partial charge in [0.25, 0.3) is 5.91 Å². The fraction of sp³-hybridized carbons (Fsp3) is 0.526. The molecule has 3 saturated carbocycles. The summed E-state index contributed by atoms with van der Waals surface area (Å²) in [6.07, 6.45) is 11.5. The highest BCUT2D eigenvalue weighted by Crippen LogP contribution is 2.50. The summed E-state index contributed by atoms with van der Waals surface area (Å²) in [6.45, 7) is 3.53. The Kier molecular flexibility index (Phi) is 8.57. The maximum Gasteiger partial charge on any atom is 0.270 e. The van der Waals surface area contributed by atoms with Gasteiger partial charge in [-0.15, -0.1) is 0 Å². The van der Waals surface area contributed by atoms with Crippen LogP contribution >= 0.6 is 0 Å². The molecule has 2 aromatic carbocycles. The third kappa shape index (κ3) is 6.29. The van der Waals surface area contributed by atoms with Crippen molar-refractivity contribution in [3.05, 3.63) is 77.6 Å². The zero-order chi connectivity index (χ0) is 32.6. The molecule has 3 aromatic rings. The van der Waals surface area contributed by atoms with Crippen LogP contribution in [0.1, 0.15) is 98.7 Å². The topological polar surface area (TPSA) is 114 Å². The molecule has 0 spiro atoms. The lowest BCUT2D eigenvalue weighted by Gasteiger charge is -2.39. The van der Waals surface area contributed by atoms with Gasteiger partial charge in [-0.3, -0.25) is 19.1 Å². The van der Waals surface area contributed by atoms with Gasteiger partial charge in [-0.25, -0.2) is 0 Å². The van der Waals surface area contributed by atoms with E-state index in [0.717, 1.165) is 74.7 Å². The molecule has 2 heterocycles. The standard InChI is InChI=1S/C38H47N5O4/c1-37(17-8-18-37)24-39-36(46)38(19-5-6-20-38)26-9-7-10-27(23-26)41-35(45)33(42-34(44)30-15-21-40-43(30)2)32(25-13-14-25)29-16-22-47-31-12-4-3-11-28(29)31/h3-4,7,9-12,15,21,23,25,29,32-33H,5-6,8,13-14,16-20,22,24H2,1-2H3,(H,39,46)(H,41,45)(H,42,44)/t29?,32?,33-/m0/s1. The van der Waals surface area contributed by atoms with Crippen LogP contribution in [-0.2, 0) is 22.1 Å². The van der Waals surface area contributed by atoms with Crippen LogP contribution in [0.25, 0.3) is 0 Å². The van der Waals surface area contributed by atoms with E-state index >= 15 is 0 Å².